The fourth-order valence-corrected chi connectivity index (χ4v) is 1.97. The quantitative estimate of drug-likeness (QED) is 0.834. The molecule has 0 spiro atoms. The maximum atomic E-state index is 8.96. The Balaban J connectivity index is 2.14. The summed E-state index contributed by atoms with van der Waals surface area (Å²) in [7, 11) is 0. The largest absolute Gasteiger partial charge is 0.392 e. The number of hydrogen-bond donors (Lipinski definition) is 1. The average molecular weight is 222 g/mol. The molecule has 88 valence electrons. The number of nitrogens with zero attached hydrogens (tertiary/aromatic N) is 2. The lowest BCUT2D eigenvalue weighted by atomic mass is 10.1. The van der Waals surface area contributed by atoms with E-state index in [4.69, 9.17) is 9.84 Å². The fourth-order valence-electron chi connectivity index (χ4n) is 1.97. The molecule has 0 saturated carbocycles. The molecular formula is C12H18N2O2. The van der Waals surface area contributed by atoms with E-state index in [9.17, 15) is 0 Å². The van der Waals surface area contributed by atoms with Crippen LogP contribution in [0.25, 0.3) is 0 Å². The van der Waals surface area contributed by atoms with E-state index in [1.54, 1.807) is 6.20 Å². The Kier molecular flexibility index (Phi) is 3.74. The van der Waals surface area contributed by atoms with Gasteiger partial charge in [-0.1, -0.05) is 13.0 Å². The van der Waals surface area contributed by atoms with Gasteiger partial charge in [0.25, 0.3) is 0 Å². The monoisotopic (exact) mass is 222 g/mol. The zero-order valence-corrected chi connectivity index (χ0v) is 9.59. The Morgan fingerprint density at radius 3 is 3.06 bits per heavy atom. The first kappa shape index (κ1) is 11.4. The van der Waals surface area contributed by atoms with Crippen LogP contribution in [0.4, 0.5) is 5.82 Å². The number of ether oxygens (including phenoxy) is 1. The molecule has 2 heterocycles. The molecule has 2 rings (SSSR count). The van der Waals surface area contributed by atoms with Gasteiger partial charge in [0, 0.05) is 12.7 Å². The summed E-state index contributed by atoms with van der Waals surface area (Å²) >= 11 is 0. The molecule has 1 N–H and O–H groups in total. The van der Waals surface area contributed by atoms with Crippen molar-refractivity contribution < 1.29 is 9.84 Å². The molecule has 1 aromatic heterocycles. The van der Waals surface area contributed by atoms with Crippen molar-refractivity contribution in [2.24, 2.45) is 0 Å². The smallest absolute Gasteiger partial charge is 0.128 e. The van der Waals surface area contributed by atoms with E-state index in [1.807, 2.05) is 12.1 Å². The number of morpholine rings is 1. The van der Waals surface area contributed by atoms with Crippen molar-refractivity contribution in [3.8, 4) is 0 Å². The van der Waals surface area contributed by atoms with Gasteiger partial charge in [0.1, 0.15) is 5.82 Å². The summed E-state index contributed by atoms with van der Waals surface area (Å²) in [6.07, 6.45) is 2.79. The van der Waals surface area contributed by atoms with E-state index in [2.05, 4.69) is 16.8 Å². The molecule has 1 aromatic rings. The van der Waals surface area contributed by atoms with E-state index in [0.717, 1.165) is 37.6 Å². The molecule has 0 amide bonds. The van der Waals surface area contributed by atoms with Crippen LogP contribution in [0.5, 0.6) is 0 Å². The van der Waals surface area contributed by atoms with E-state index < -0.39 is 0 Å². The highest BCUT2D eigenvalue weighted by Crippen LogP contribution is 2.19. The number of rotatable bonds is 3. The molecule has 1 aliphatic rings. The third-order valence-electron chi connectivity index (χ3n) is 2.98. The molecular weight excluding hydrogens is 204 g/mol. The lowest BCUT2D eigenvalue weighted by Gasteiger charge is -2.36. The third-order valence-corrected chi connectivity index (χ3v) is 2.98. The second kappa shape index (κ2) is 5.27. The molecule has 1 aliphatic heterocycles. The second-order valence-electron chi connectivity index (χ2n) is 4.01. The van der Waals surface area contributed by atoms with Crippen molar-refractivity contribution >= 4 is 5.82 Å². The minimum Gasteiger partial charge on any atom is -0.392 e. The first-order chi connectivity index (χ1) is 7.85. The number of aromatic nitrogens is 1. The fraction of sp³-hybridized carbons (Fsp3) is 0.583. The molecule has 1 saturated heterocycles. The van der Waals surface area contributed by atoms with E-state index in [0.29, 0.717) is 6.04 Å². The molecule has 4 heteroatoms. The highest BCUT2D eigenvalue weighted by atomic mass is 16.5. The Morgan fingerprint density at radius 1 is 1.56 bits per heavy atom. The summed E-state index contributed by atoms with van der Waals surface area (Å²) in [4.78, 5) is 6.66. The molecule has 16 heavy (non-hydrogen) atoms. The average Bonchev–Trinajstić information content (AvgIpc) is 2.39. The molecule has 4 nitrogen and oxygen atoms in total. The van der Waals surface area contributed by atoms with Gasteiger partial charge >= 0.3 is 0 Å². The van der Waals surface area contributed by atoms with Crippen LogP contribution in [0.1, 0.15) is 18.9 Å². The number of aliphatic hydroxyl groups excluding tert-OH is 1. The van der Waals surface area contributed by atoms with Crippen molar-refractivity contribution in [2.75, 3.05) is 24.7 Å². The second-order valence-corrected chi connectivity index (χ2v) is 4.01. The summed E-state index contributed by atoms with van der Waals surface area (Å²) in [5.74, 6) is 0.979. The Morgan fingerprint density at radius 2 is 2.44 bits per heavy atom. The van der Waals surface area contributed by atoms with E-state index in [-0.39, 0.29) is 6.61 Å². The Hall–Kier alpha value is -1.13. The summed E-state index contributed by atoms with van der Waals surface area (Å²) in [5, 5.41) is 8.96. The van der Waals surface area contributed by atoms with Crippen molar-refractivity contribution in [2.45, 2.75) is 26.0 Å². The van der Waals surface area contributed by atoms with Crippen LogP contribution < -0.4 is 4.90 Å². The highest BCUT2D eigenvalue weighted by Gasteiger charge is 2.22. The van der Waals surface area contributed by atoms with Crippen LogP contribution in [-0.2, 0) is 11.3 Å². The molecule has 0 aliphatic carbocycles. The number of hydrogen-bond acceptors (Lipinski definition) is 4. The minimum absolute atomic E-state index is 0.0492. The van der Waals surface area contributed by atoms with Gasteiger partial charge in [0.15, 0.2) is 0 Å². The van der Waals surface area contributed by atoms with Gasteiger partial charge in [-0.3, -0.25) is 0 Å². The SMILES string of the molecule is CCC1COCCN1c1ccc(CO)cn1. The molecule has 1 fully saturated rings. The zero-order valence-electron chi connectivity index (χ0n) is 9.59. The van der Waals surface area contributed by atoms with E-state index in [1.165, 1.54) is 0 Å². The first-order valence-electron chi connectivity index (χ1n) is 5.75. The molecule has 0 aromatic carbocycles. The molecule has 1 unspecified atom stereocenters. The van der Waals surface area contributed by atoms with Crippen molar-refractivity contribution in [3.63, 3.8) is 0 Å². The standard InChI is InChI=1S/C12H18N2O2/c1-2-11-9-16-6-5-14(11)12-4-3-10(8-15)7-13-12/h3-4,7,11,15H,2,5-6,8-9H2,1H3. The Labute approximate surface area is 95.9 Å². The van der Waals surface area contributed by atoms with Gasteiger partial charge in [-0.15, -0.1) is 0 Å². The van der Waals surface area contributed by atoms with Gasteiger partial charge in [-0.25, -0.2) is 4.98 Å². The van der Waals surface area contributed by atoms with Crippen LogP contribution in [0.3, 0.4) is 0 Å². The number of pyridine rings is 1. The van der Waals surface area contributed by atoms with Crippen LogP contribution >= 0.6 is 0 Å². The molecule has 1 atom stereocenters. The van der Waals surface area contributed by atoms with Crippen LogP contribution in [0.2, 0.25) is 0 Å². The molecule has 0 radical (unpaired) electrons. The summed E-state index contributed by atoms with van der Waals surface area (Å²) in [5.41, 5.74) is 0.852. The topological polar surface area (TPSA) is 45.6 Å². The summed E-state index contributed by atoms with van der Waals surface area (Å²) in [6.45, 7) is 4.64. The van der Waals surface area contributed by atoms with Gasteiger partial charge < -0.3 is 14.7 Å². The normalized spacial score (nSPS) is 21.1. The zero-order chi connectivity index (χ0) is 11.4. The predicted molar refractivity (Wildman–Crippen MR) is 62.4 cm³/mol. The van der Waals surface area contributed by atoms with Crippen molar-refractivity contribution in [3.05, 3.63) is 23.9 Å². The molecule has 0 bridgehead atoms. The number of aliphatic hydroxyl groups is 1. The van der Waals surface area contributed by atoms with E-state index >= 15 is 0 Å². The highest BCUT2D eigenvalue weighted by molar-refractivity contribution is 5.41. The minimum atomic E-state index is 0.0492. The van der Waals surface area contributed by atoms with Crippen LogP contribution in [0.15, 0.2) is 18.3 Å². The van der Waals surface area contributed by atoms with Crippen molar-refractivity contribution in [1.29, 1.82) is 0 Å². The lowest BCUT2D eigenvalue weighted by Crippen LogP contribution is -2.45. The Bertz CT molecular complexity index is 326. The van der Waals surface area contributed by atoms with Crippen LogP contribution in [-0.4, -0.2) is 35.9 Å². The maximum Gasteiger partial charge on any atom is 0.128 e. The van der Waals surface area contributed by atoms with Crippen LogP contribution in [0, 0.1) is 0 Å². The van der Waals surface area contributed by atoms with Gasteiger partial charge in [0.2, 0.25) is 0 Å². The van der Waals surface area contributed by atoms with Gasteiger partial charge in [-0.2, -0.15) is 0 Å². The predicted octanol–water partition coefficient (Wildman–Crippen LogP) is 1.19. The maximum absolute atomic E-state index is 8.96. The number of anilines is 1. The first-order valence-corrected chi connectivity index (χ1v) is 5.75. The third kappa shape index (κ3) is 2.33. The lowest BCUT2D eigenvalue weighted by molar-refractivity contribution is 0.0925. The summed E-state index contributed by atoms with van der Waals surface area (Å²) in [6, 6.07) is 4.31. The van der Waals surface area contributed by atoms with Gasteiger partial charge in [0.05, 0.1) is 25.9 Å². The summed E-state index contributed by atoms with van der Waals surface area (Å²) < 4.78 is 5.46. The van der Waals surface area contributed by atoms with Crippen molar-refractivity contribution in [1.82, 2.24) is 4.98 Å². The van der Waals surface area contributed by atoms with Gasteiger partial charge in [-0.05, 0) is 18.1 Å².